The summed E-state index contributed by atoms with van der Waals surface area (Å²) in [7, 11) is 1.81. The molecule has 158 valence electrons. The van der Waals surface area contributed by atoms with E-state index >= 15 is 0 Å². The minimum atomic E-state index is 0.429. The molecule has 0 aliphatic carbocycles. The Morgan fingerprint density at radius 1 is 1.18 bits per heavy atom. The van der Waals surface area contributed by atoms with Gasteiger partial charge in [0, 0.05) is 63.8 Å². The third kappa shape index (κ3) is 5.24. The third-order valence-corrected chi connectivity index (χ3v) is 5.77. The zero-order valence-electron chi connectivity index (χ0n) is 17.5. The summed E-state index contributed by atoms with van der Waals surface area (Å²) < 4.78 is 16.7. The average molecular weight is 394 g/mol. The average Bonchev–Trinajstić information content (AvgIpc) is 3.40. The summed E-state index contributed by atoms with van der Waals surface area (Å²) in [4.78, 5) is 6.95. The molecule has 8 nitrogen and oxygen atoms in total. The van der Waals surface area contributed by atoms with Gasteiger partial charge in [0.05, 0.1) is 25.5 Å². The molecule has 1 aromatic rings. The van der Waals surface area contributed by atoms with Crippen LogP contribution in [-0.4, -0.2) is 75.2 Å². The van der Waals surface area contributed by atoms with E-state index in [0.29, 0.717) is 18.5 Å². The molecule has 28 heavy (non-hydrogen) atoms. The van der Waals surface area contributed by atoms with Crippen molar-refractivity contribution in [3.05, 3.63) is 17.0 Å². The van der Waals surface area contributed by atoms with Gasteiger partial charge in [0.2, 0.25) is 0 Å². The second kappa shape index (κ2) is 10.8. The number of ether oxygens (including phenoxy) is 2. The van der Waals surface area contributed by atoms with E-state index in [4.69, 9.17) is 14.0 Å². The summed E-state index contributed by atoms with van der Waals surface area (Å²) in [5.74, 6) is 2.32. The second-order valence-corrected chi connectivity index (χ2v) is 7.38. The maximum Gasteiger partial charge on any atom is 0.191 e. The Kier molecular flexibility index (Phi) is 8.12. The quantitative estimate of drug-likeness (QED) is 0.507. The lowest BCUT2D eigenvalue weighted by Gasteiger charge is -2.37. The third-order valence-electron chi connectivity index (χ3n) is 5.77. The van der Waals surface area contributed by atoms with Crippen LogP contribution in [0, 0.1) is 5.92 Å². The van der Waals surface area contributed by atoms with E-state index in [9.17, 15) is 0 Å². The predicted octanol–water partition coefficient (Wildman–Crippen LogP) is 1.20. The van der Waals surface area contributed by atoms with Crippen LogP contribution in [0.15, 0.2) is 9.52 Å². The minimum absolute atomic E-state index is 0.429. The Morgan fingerprint density at radius 2 is 2.00 bits per heavy atom. The molecule has 0 spiro atoms. The molecule has 8 heteroatoms. The van der Waals surface area contributed by atoms with E-state index in [-0.39, 0.29) is 0 Å². The molecule has 2 N–H and O–H groups in total. The summed E-state index contributed by atoms with van der Waals surface area (Å²) in [5.41, 5.74) is 2.18. The molecular weight excluding hydrogens is 358 g/mol. The van der Waals surface area contributed by atoms with Gasteiger partial charge >= 0.3 is 0 Å². The molecule has 2 aliphatic rings. The Bertz CT molecular complexity index is 600. The van der Waals surface area contributed by atoms with Crippen LogP contribution >= 0.6 is 0 Å². The maximum atomic E-state index is 5.66. The standard InChI is InChI=1S/C20H35N5O3/c1-4-17-16(19(5-2)28-24-17)12-22-20(21-3)23-13-18(15-6-9-27-14-15)25-7-10-26-11-8-25/h15,18H,4-14H2,1-3H3,(H2,21,22,23). The van der Waals surface area contributed by atoms with Gasteiger partial charge in [0.1, 0.15) is 5.76 Å². The number of nitrogens with one attached hydrogen (secondary N) is 2. The molecule has 2 saturated heterocycles. The molecule has 2 fully saturated rings. The normalized spacial score (nSPS) is 22.4. The van der Waals surface area contributed by atoms with E-state index in [1.165, 1.54) is 0 Å². The van der Waals surface area contributed by atoms with Crippen molar-refractivity contribution in [2.24, 2.45) is 10.9 Å². The van der Waals surface area contributed by atoms with Gasteiger partial charge < -0.3 is 24.6 Å². The first-order valence-electron chi connectivity index (χ1n) is 10.6. The van der Waals surface area contributed by atoms with Crippen molar-refractivity contribution in [3.63, 3.8) is 0 Å². The first-order valence-corrected chi connectivity index (χ1v) is 10.6. The number of hydrogen-bond acceptors (Lipinski definition) is 6. The molecule has 2 aliphatic heterocycles. The van der Waals surface area contributed by atoms with Gasteiger partial charge in [0.25, 0.3) is 0 Å². The van der Waals surface area contributed by atoms with Gasteiger partial charge in [-0.3, -0.25) is 9.89 Å². The molecule has 3 rings (SSSR count). The number of aromatic nitrogens is 1. The predicted molar refractivity (Wildman–Crippen MR) is 109 cm³/mol. The van der Waals surface area contributed by atoms with Gasteiger partial charge in [-0.15, -0.1) is 0 Å². The van der Waals surface area contributed by atoms with Crippen molar-refractivity contribution < 1.29 is 14.0 Å². The van der Waals surface area contributed by atoms with Crippen LogP contribution in [0.4, 0.5) is 0 Å². The van der Waals surface area contributed by atoms with Crippen molar-refractivity contribution in [2.45, 2.75) is 45.7 Å². The Balaban J connectivity index is 1.57. The van der Waals surface area contributed by atoms with Crippen molar-refractivity contribution >= 4 is 5.96 Å². The summed E-state index contributed by atoms with van der Waals surface area (Å²) in [6.07, 6.45) is 2.83. The number of hydrogen-bond donors (Lipinski definition) is 2. The van der Waals surface area contributed by atoms with Gasteiger partial charge in [-0.2, -0.15) is 0 Å². The van der Waals surface area contributed by atoms with Crippen LogP contribution in [-0.2, 0) is 28.9 Å². The molecular formula is C20H35N5O3. The molecule has 0 aromatic carbocycles. The summed E-state index contributed by atoms with van der Waals surface area (Å²) >= 11 is 0. The summed E-state index contributed by atoms with van der Waals surface area (Å²) in [6, 6.07) is 0.429. The largest absolute Gasteiger partial charge is 0.381 e. The number of aliphatic imine (C=N–C) groups is 1. The van der Waals surface area contributed by atoms with E-state index < -0.39 is 0 Å². The van der Waals surface area contributed by atoms with Crippen LogP contribution in [0.5, 0.6) is 0 Å². The molecule has 1 aromatic heterocycles. The van der Waals surface area contributed by atoms with E-state index in [0.717, 1.165) is 88.3 Å². The van der Waals surface area contributed by atoms with Crippen molar-refractivity contribution in [1.82, 2.24) is 20.7 Å². The first-order chi connectivity index (χ1) is 13.8. The maximum absolute atomic E-state index is 5.66. The van der Waals surface area contributed by atoms with Gasteiger partial charge in [0.15, 0.2) is 5.96 Å². The van der Waals surface area contributed by atoms with Crippen molar-refractivity contribution in [1.29, 1.82) is 0 Å². The number of nitrogens with zero attached hydrogens (tertiary/aromatic N) is 3. The molecule has 3 heterocycles. The fourth-order valence-corrected chi connectivity index (χ4v) is 4.09. The Labute approximate surface area is 168 Å². The summed E-state index contributed by atoms with van der Waals surface area (Å²) in [6.45, 7) is 11.0. The van der Waals surface area contributed by atoms with E-state index in [2.05, 4.69) is 39.5 Å². The molecule has 0 radical (unpaired) electrons. The van der Waals surface area contributed by atoms with Gasteiger partial charge in [-0.25, -0.2) is 0 Å². The highest BCUT2D eigenvalue weighted by atomic mass is 16.5. The van der Waals surface area contributed by atoms with Gasteiger partial charge in [-0.05, 0) is 12.8 Å². The molecule has 0 amide bonds. The SMILES string of the molecule is CCc1noc(CC)c1CNC(=NC)NCC(C1CCOC1)N1CCOCC1. The fraction of sp³-hybridized carbons (Fsp3) is 0.800. The summed E-state index contributed by atoms with van der Waals surface area (Å²) in [5, 5.41) is 11.2. The molecule has 2 unspecified atom stereocenters. The zero-order valence-corrected chi connectivity index (χ0v) is 17.5. The number of aryl methyl sites for hydroxylation is 2. The highest BCUT2D eigenvalue weighted by Gasteiger charge is 2.31. The first kappa shape index (κ1) is 21.1. The smallest absolute Gasteiger partial charge is 0.191 e. The number of guanidine groups is 1. The molecule has 0 bridgehead atoms. The second-order valence-electron chi connectivity index (χ2n) is 7.38. The lowest BCUT2D eigenvalue weighted by atomic mass is 9.97. The Morgan fingerprint density at radius 3 is 2.64 bits per heavy atom. The lowest BCUT2D eigenvalue weighted by Crippen LogP contribution is -2.53. The zero-order chi connectivity index (χ0) is 19.8. The van der Waals surface area contributed by atoms with Crippen LogP contribution in [0.2, 0.25) is 0 Å². The lowest BCUT2D eigenvalue weighted by molar-refractivity contribution is 0.00246. The highest BCUT2D eigenvalue weighted by molar-refractivity contribution is 5.79. The van der Waals surface area contributed by atoms with Crippen LogP contribution in [0.3, 0.4) is 0 Å². The molecule has 0 saturated carbocycles. The highest BCUT2D eigenvalue weighted by Crippen LogP contribution is 2.22. The van der Waals surface area contributed by atoms with Crippen molar-refractivity contribution in [3.8, 4) is 0 Å². The van der Waals surface area contributed by atoms with Crippen LogP contribution < -0.4 is 10.6 Å². The topological polar surface area (TPSA) is 84.2 Å². The van der Waals surface area contributed by atoms with E-state index in [1.54, 1.807) is 0 Å². The van der Waals surface area contributed by atoms with Crippen molar-refractivity contribution in [2.75, 3.05) is 53.1 Å². The van der Waals surface area contributed by atoms with E-state index in [1.807, 2.05) is 7.05 Å². The number of morpholine rings is 1. The van der Waals surface area contributed by atoms with Crippen LogP contribution in [0.1, 0.15) is 37.3 Å². The fourth-order valence-electron chi connectivity index (χ4n) is 4.09. The Hall–Kier alpha value is -1.64. The minimum Gasteiger partial charge on any atom is -0.381 e. The molecule has 2 atom stereocenters. The van der Waals surface area contributed by atoms with Crippen LogP contribution in [0.25, 0.3) is 0 Å². The number of rotatable bonds is 8. The monoisotopic (exact) mass is 393 g/mol. The van der Waals surface area contributed by atoms with Gasteiger partial charge in [-0.1, -0.05) is 19.0 Å².